The summed E-state index contributed by atoms with van der Waals surface area (Å²) in [5.41, 5.74) is 1.97. The SMILES string of the molecule is CCC(=O)Nc1cc(C(=O)N2CCN(Cc3cccc(F)c3)CC2)nn1-c1ccccc1. The maximum absolute atomic E-state index is 13.4. The Morgan fingerprint density at radius 1 is 1.00 bits per heavy atom. The summed E-state index contributed by atoms with van der Waals surface area (Å²) in [5, 5.41) is 7.32. The fraction of sp³-hybridized carbons (Fsp3) is 0.292. The van der Waals surface area contributed by atoms with Gasteiger partial charge in [-0.15, -0.1) is 0 Å². The number of nitrogens with zero attached hydrogens (tertiary/aromatic N) is 4. The van der Waals surface area contributed by atoms with Crippen LogP contribution in [0.2, 0.25) is 0 Å². The molecule has 166 valence electrons. The highest BCUT2D eigenvalue weighted by molar-refractivity contribution is 5.95. The molecule has 0 aliphatic carbocycles. The molecule has 1 aliphatic heterocycles. The molecule has 1 aliphatic rings. The monoisotopic (exact) mass is 435 g/mol. The van der Waals surface area contributed by atoms with Crippen molar-refractivity contribution in [3.05, 3.63) is 77.7 Å². The van der Waals surface area contributed by atoms with Crippen LogP contribution in [0.3, 0.4) is 0 Å². The van der Waals surface area contributed by atoms with Gasteiger partial charge < -0.3 is 10.2 Å². The number of halogens is 1. The van der Waals surface area contributed by atoms with E-state index in [2.05, 4.69) is 15.3 Å². The number of carbonyl (C=O) groups excluding carboxylic acids is 2. The average molecular weight is 436 g/mol. The van der Waals surface area contributed by atoms with E-state index in [-0.39, 0.29) is 17.6 Å². The first-order chi connectivity index (χ1) is 15.5. The zero-order valence-electron chi connectivity index (χ0n) is 18.0. The van der Waals surface area contributed by atoms with Crippen LogP contribution in [0.25, 0.3) is 5.69 Å². The van der Waals surface area contributed by atoms with Crippen LogP contribution in [-0.2, 0) is 11.3 Å². The molecule has 0 radical (unpaired) electrons. The van der Waals surface area contributed by atoms with E-state index in [9.17, 15) is 14.0 Å². The Morgan fingerprint density at radius 3 is 2.44 bits per heavy atom. The Kier molecular flexibility index (Phi) is 6.61. The van der Waals surface area contributed by atoms with E-state index in [1.54, 1.807) is 34.7 Å². The molecule has 0 saturated carbocycles. The van der Waals surface area contributed by atoms with Crippen LogP contribution >= 0.6 is 0 Å². The Hall–Kier alpha value is -3.52. The smallest absolute Gasteiger partial charge is 0.274 e. The highest BCUT2D eigenvalue weighted by atomic mass is 19.1. The van der Waals surface area contributed by atoms with Crippen LogP contribution in [-0.4, -0.2) is 57.6 Å². The van der Waals surface area contributed by atoms with Gasteiger partial charge in [0.25, 0.3) is 5.91 Å². The van der Waals surface area contributed by atoms with E-state index in [4.69, 9.17) is 0 Å². The molecule has 0 spiro atoms. The topological polar surface area (TPSA) is 70.5 Å². The van der Waals surface area contributed by atoms with E-state index in [1.807, 2.05) is 36.4 Å². The normalized spacial score (nSPS) is 14.4. The summed E-state index contributed by atoms with van der Waals surface area (Å²) in [4.78, 5) is 29.1. The standard InChI is InChI=1S/C24H26FN5O2/c1-2-23(31)26-22-16-21(27-30(22)20-9-4-3-5-10-20)24(32)29-13-11-28(12-14-29)17-18-7-6-8-19(25)15-18/h3-10,15-16H,2,11-14,17H2,1H3,(H,26,31). The van der Waals surface area contributed by atoms with Crippen LogP contribution < -0.4 is 5.32 Å². The zero-order valence-corrected chi connectivity index (χ0v) is 18.0. The number of benzene rings is 2. The number of hydrogen-bond acceptors (Lipinski definition) is 4. The summed E-state index contributed by atoms with van der Waals surface area (Å²) in [6.45, 7) is 4.93. The number of piperazine rings is 1. The Labute approximate surface area is 186 Å². The van der Waals surface area contributed by atoms with Crippen molar-refractivity contribution >= 4 is 17.6 Å². The molecule has 8 heteroatoms. The van der Waals surface area contributed by atoms with Gasteiger partial charge in [-0.1, -0.05) is 37.3 Å². The minimum absolute atomic E-state index is 0.146. The number of nitrogens with one attached hydrogen (secondary N) is 1. The number of carbonyl (C=O) groups is 2. The largest absolute Gasteiger partial charge is 0.335 e. The van der Waals surface area contributed by atoms with Gasteiger partial charge in [0, 0.05) is 45.2 Å². The van der Waals surface area contributed by atoms with Gasteiger partial charge in [0.2, 0.25) is 5.91 Å². The number of rotatable bonds is 6. The summed E-state index contributed by atoms with van der Waals surface area (Å²) in [6, 6.07) is 17.6. The van der Waals surface area contributed by atoms with Gasteiger partial charge in [-0.3, -0.25) is 14.5 Å². The highest BCUT2D eigenvalue weighted by Crippen LogP contribution is 2.20. The molecule has 2 amide bonds. The van der Waals surface area contributed by atoms with Crippen molar-refractivity contribution in [1.82, 2.24) is 19.6 Å². The fourth-order valence-corrected chi connectivity index (χ4v) is 3.74. The molecule has 4 rings (SSSR count). The van der Waals surface area contributed by atoms with Crippen molar-refractivity contribution < 1.29 is 14.0 Å². The lowest BCUT2D eigenvalue weighted by molar-refractivity contribution is -0.115. The van der Waals surface area contributed by atoms with Crippen LogP contribution in [0.1, 0.15) is 29.4 Å². The first-order valence-electron chi connectivity index (χ1n) is 10.7. The van der Waals surface area contributed by atoms with E-state index in [0.29, 0.717) is 50.7 Å². The average Bonchev–Trinajstić information content (AvgIpc) is 3.23. The lowest BCUT2D eigenvalue weighted by Crippen LogP contribution is -2.48. The van der Waals surface area contributed by atoms with Crippen LogP contribution in [0.15, 0.2) is 60.7 Å². The van der Waals surface area contributed by atoms with Crippen molar-refractivity contribution in [3.63, 3.8) is 0 Å². The molecule has 2 heterocycles. The molecule has 7 nitrogen and oxygen atoms in total. The number of anilines is 1. The number of hydrogen-bond donors (Lipinski definition) is 1. The highest BCUT2D eigenvalue weighted by Gasteiger charge is 2.25. The van der Waals surface area contributed by atoms with Gasteiger partial charge in [-0.2, -0.15) is 5.10 Å². The molecule has 0 atom stereocenters. The Balaban J connectivity index is 1.45. The first kappa shape index (κ1) is 21.7. The molecular weight excluding hydrogens is 409 g/mol. The van der Waals surface area contributed by atoms with E-state index in [1.165, 1.54) is 6.07 Å². The van der Waals surface area contributed by atoms with Gasteiger partial charge in [-0.05, 0) is 29.8 Å². The summed E-state index contributed by atoms with van der Waals surface area (Å²) in [6.07, 6.45) is 0.330. The molecule has 32 heavy (non-hydrogen) atoms. The molecule has 3 aromatic rings. The second-order valence-corrected chi connectivity index (χ2v) is 7.76. The molecular formula is C24H26FN5O2. The molecule has 0 bridgehead atoms. The third kappa shape index (κ3) is 5.03. The Morgan fingerprint density at radius 2 is 1.75 bits per heavy atom. The maximum atomic E-state index is 13.4. The van der Waals surface area contributed by atoms with E-state index in [0.717, 1.165) is 11.3 Å². The first-order valence-corrected chi connectivity index (χ1v) is 10.7. The molecule has 0 unspecified atom stereocenters. The number of amides is 2. The minimum Gasteiger partial charge on any atom is -0.335 e. The van der Waals surface area contributed by atoms with E-state index >= 15 is 0 Å². The molecule has 2 aromatic carbocycles. The third-order valence-electron chi connectivity index (χ3n) is 5.47. The van der Waals surface area contributed by atoms with Gasteiger partial charge in [0.15, 0.2) is 5.69 Å². The predicted octanol–water partition coefficient (Wildman–Crippen LogP) is 3.32. The second-order valence-electron chi connectivity index (χ2n) is 7.76. The molecule has 1 N–H and O–H groups in total. The summed E-state index contributed by atoms with van der Waals surface area (Å²) in [5.74, 6) is -0.0865. The summed E-state index contributed by atoms with van der Waals surface area (Å²) in [7, 11) is 0. The van der Waals surface area contributed by atoms with Crippen molar-refractivity contribution in [1.29, 1.82) is 0 Å². The van der Waals surface area contributed by atoms with Gasteiger partial charge >= 0.3 is 0 Å². The quantitative estimate of drug-likeness (QED) is 0.645. The van der Waals surface area contributed by atoms with Crippen molar-refractivity contribution in [3.8, 4) is 5.69 Å². The van der Waals surface area contributed by atoms with Crippen molar-refractivity contribution in [2.45, 2.75) is 19.9 Å². The third-order valence-corrected chi connectivity index (χ3v) is 5.47. The fourth-order valence-electron chi connectivity index (χ4n) is 3.74. The molecule has 1 fully saturated rings. The molecule has 1 saturated heterocycles. The number of aromatic nitrogens is 2. The van der Waals surface area contributed by atoms with Crippen LogP contribution in [0, 0.1) is 5.82 Å². The minimum atomic E-state index is -0.240. The zero-order chi connectivity index (χ0) is 22.5. The second kappa shape index (κ2) is 9.74. The maximum Gasteiger partial charge on any atom is 0.274 e. The van der Waals surface area contributed by atoms with Gasteiger partial charge in [0.1, 0.15) is 11.6 Å². The van der Waals surface area contributed by atoms with Crippen LogP contribution in [0.5, 0.6) is 0 Å². The Bertz CT molecular complexity index is 1090. The van der Waals surface area contributed by atoms with Gasteiger partial charge in [-0.25, -0.2) is 9.07 Å². The summed E-state index contributed by atoms with van der Waals surface area (Å²) < 4.78 is 15.0. The van der Waals surface area contributed by atoms with E-state index < -0.39 is 0 Å². The molecule has 1 aromatic heterocycles. The van der Waals surface area contributed by atoms with Crippen LogP contribution in [0.4, 0.5) is 10.2 Å². The van der Waals surface area contributed by atoms with Crippen molar-refractivity contribution in [2.24, 2.45) is 0 Å². The lowest BCUT2D eigenvalue weighted by Gasteiger charge is -2.34. The predicted molar refractivity (Wildman–Crippen MR) is 120 cm³/mol. The lowest BCUT2D eigenvalue weighted by atomic mass is 10.2. The number of para-hydroxylation sites is 1. The van der Waals surface area contributed by atoms with Crippen molar-refractivity contribution in [2.75, 3.05) is 31.5 Å². The van der Waals surface area contributed by atoms with Gasteiger partial charge in [0.05, 0.1) is 5.69 Å². The summed E-state index contributed by atoms with van der Waals surface area (Å²) >= 11 is 0.